The minimum atomic E-state index is -0.398. The molecule has 0 saturated heterocycles. The van der Waals surface area contributed by atoms with Gasteiger partial charge in [0.05, 0.1) is 22.2 Å². The van der Waals surface area contributed by atoms with Gasteiger partial charge in [0, 0.05) is 17.1 Å². The summed E-state index contributed by atoms with van der Waals surface area (Å²) in [7, 11) is 0. The first-order chi connectivity index (χ1) is 9.15. The quantitative estimate of drug-likeness (QED) is 0.417. The Morgan fingerprint density at radius 1 is 1.26 bits per heavy atom. The summed E-state index contributed by atoms with van der Waals surface area (Å²) in [5, 5.41) is 18.6. The largest absolute Gasteiger partial charge is 0.399 e. The highest BCUT2D eigenvalue weighted by Crippen LogP contribution is 2.33. The van der Waals surface area contributed by atoms with Gasteiger partial charge in [-0.05, 0) is 23.8 Å². The molecule has 1 heterocycles. The number of anilines is 1. The number of aromatic amines is 1. The van der Waals surface area contributed by atoms with E-state index >= 15 is 0 Å². The molecule has 0 aliphatic heterocycles. The van der Waals surface area contributed by atoms with Crippen molar-refractivity contribution in [1.29, 1.82) is 0 Å². The second-order valence-electron chi connectivity index (χ2n) is 4.21. The number of nitrogens with one attached hydrogen (secondary N) is 1. The lowest BCUT2D eigenvalue weighted by Crippen LogP contribution is -1.93. The van der Waals surface area contributed by atoms with Crippen molar-refractivity contribution < 1.29 is 4.92 Å². The van der Waals surface area contributed by atoms with Gasteiger partial charge in [-0.25, -0.2) is 0 Å². The molecule has 1 aromatic heterocycles. The van der Waals surface area contributed by atoms with Crippen molar-refractivity contribution in [2.24, 2.45) is 0 Å². The zero-order valence-electron chi connectivity index (χ0n) is 9.83. The molecule has 0 aliphatic carbocycles. The lowest BCUT2D eigenvalue weighted by molar-refractivity contribution is -0.384. The molecule has 0 saturated carbocycles. The second-order valence-corrected chi connectivity index (χ2v) is 4.21. The van der Waals surface area contributed by atoms with Crippen molar-refractivity contribution in [3.63, 3.8) is 0 Å². The first-order valence-corrected chi connectivity index (χ1v) is 5.62. The maximum Gasteiger partial charge on any atom is 0.278 e. The van der Waals surface area contributed by atoms with Gasteiger partial charge in [-0.1, -0.05) is 12.1 Å². The van der Waals surface area contributed by atoms with Crippen LogP contribution in [-0.4, -0.2) is 15.1 Å². The van der Waals surface area contributed by atoms with Crippen molar-refractivity contribution >= 4 is 22.3 Å². The standard InChI is InChI=1S/C13H10N4O2/c14-10-3-1-2-8(4-10)11-6-12-9(7-15-16-12)5-13(11)17(18)19/h1-7H,14H2,(H,15,16). The number of H-pyrrole nitrogens is 1. The third-order valence-corrected chi connectivity index (χ3v) is 2.95. The number of nitrogens with zero attached hydrogens (tertiary/aromatic N) is 2. The van der Waals surface area contributed by atoms with Crippen LogP contribution in [-0.2, 0) is 0 Å². The van der Waals surface area contributed by atoms with Gasteiger partial charge in [-0.2, -0.15) is 5.10 Å². The fourth-order valence-corrected chi connectivity index (χ4v) is 2.07. The number of hydrogen-bond donors (Lipinski definition) is 2. The molecule has 0 amide bonds. The highest BCUT2D eigenvalue weighted by atomic mass is 16.6. The molecule has 19 heavy (non-hydrogen) atoms. The first-order valence-electron chi connectivity index (χ1n) is 5.62. The van der Waals surface area contributed by atoms with Crippen LogP contribution in [0, 0.1) is 10.1 Å². The smallest absolute Gasteiger partial charge is 0.278 e. The molecule has 0 aliphatic rings. The van der Waals surface area contributed by atoms with Gasteiger partial charge in [-0.15, -0.1) is 0 Å². The summed E-state index contributed by atoms with van der Waals surface area (Å²) in [5.74, 6) is 0. The van der Waals surface area contributed by atoms with Crippen LogP contribution in [0.3, 0.4) is 0 Å². The fourth-order valence-electron chi connectivity index (χ4n) is 2.07. The lowest BCUT2D eigenvalue weighted by Gasteiger charge is -2.04. The molecule has 94 valence electrons. The number of nitrogens with two attached hydrogens (primary N) is 1. The maximum absolute atomic E-state index is 11.2. The number of benzene rings is 2. The highest BCUT2D eigenvalue weighted by Gasteiger charge is 2.17. The van der Waals surface area contributed by atoms with E-state index in [1.165, 1.54) is 6.07 Å². The van der Waals surface area contributed by atoms with Crippen LogP contribution in [0.1, 0.15) is 0 Å². The molecule has 6 heteroatoms. The average Bonchev–Trinajstić information content (AvgIpc) is 2.84. The van der Waals surface area contributed by atoms with Crippen molar-refractivity contribution in [3.05, 3.63) is 52.7 Å². The SMILES string of the molecule is Nc1cccc(-c2cc3[nH]ncc3cc2[N+](=O)[O-])c1. The van der Waals surface area contributed by atoms with Crippen molar-refractivity contribution in [2.75, 3.05) is 5.73 Å². The fraction of sp³-hybridized carbons (Fsp3) is 0. The van der Waals surface area contributed by atoms with E-state index in [-0.39, 0.29) is 5.69 Å². The Kier molecular flexibility index (Phi) is 2.42. The van der Waals surface area contributed by atoms with Crippen LogP contribution in [0.5, 0.6) is 0 Å². The average molecular weight is 254 g/mol. The van der Waals surface area contributed by atoms with E-state index in [4.69, 9.17) is 5.73 Å². The van der Waals surface area contributed by atoms with Crippen LogP contribution in [0.15, 0.2) is 42.6 Å². The monoisotopic (exact) mass is 254 g/mol. The van der Waals surface area contributed by atoms with Crippen LogP contribution < -0.4 is 5.73 Å². The molecule has 0 atom stereocenters. The summed E-state index contributed by atoms with van der Waals surface area (Å²) in [6.45, 7) is 0. The molecule has 6 nitrogen and oxygen atoms in total. The van der Waals surface area contributed by atoms with E-state index < -0.39 is 4.92 Å². The molecule has 0 unspecified atom stereocenters. The zero-order chi connectivity index (χ0) is 13.4. The number of rotatable bonds is 2. The predicted octanol–water partition coefficient (Wildman–Crippen LogP) is 2.72. The Bertz CT molecular complexity index is 779. The molecular formula is C13H10N4O2. The number of aromatic nitrogens is 2. The number of nitro benzene ring substituents is 1. The Morgan fingerprint density at radius 2 is 2.11 bits per heavy atom. The van der Waals surface area contributed by atoms with Gasteiger partial charge < -0.3 is 5.73 Å². The molecule has 3 N–H and O–H groups in total. The second kappa shape index (κ2) is 4.09. The van der Waals surface area contributed by atoms with Gasteiger partial charge in [0.15, 0.2) is 0 Å². The van der Waals surface area contributed by atoms with Crippen LogP contribution in [0.2, 0.25) is 0 Å². The van der Waals surface area contributed by atoms with Crippen LogP contribution in [0.25, 0.3) is 22.0 Å². The Balaban J connectivity index is 2.31. The Hall–Kier alpha value is -2.89. The highest BCUT2D eigenvalue weighted by molar-refractivity contribution is 5.90. The minimum absolute atomic E-state index is 0.0412. The maximum atomic E-state index is 11.2. The van der Waals surface area contributed by atoms with E-state index in [9.17, 15) is 10.1 Å². The van der Waals surface area contributed by atoms with Crippen LogP contribution in [0.4, 0.5) is 11.4 Å². The van der Waals surface area contributed by atoms with Gasteiger partial charge >= 0.3 is 0 Å². The molecule has 0 radical (unpaired) electrons. The predicted molar refractivity (Wildman–Crippen MR) is 72.6 cm³/mol. The number of hydrogen-bond acceptors (Lipinski definition) is 4. The van der Waals surface area contributed by atoms with E-state index in [2.05, 4.69) is 10.2 Å². The minimum Gasteiger partial charge on any atom is -0.399 e. The topological polar surface area (TPSA) is 97.8 Å². The zero-order valence-corrected chi connectivity index (χ0v) is 9.83. The summed E-state index contributed by atoms with van der Waals surface area (Å²) in [6, 6.07) is 10.2. The van der Waals surface area contributed by atoms with Gasteiger partial charge in [-0.3, -0.25) is 15.2 Å². The van der Waals surface area contributed by atoms with E-state index in [0.29, 0.717) is 22.2 Å². The summed E-state index contributed by atoms with van der Waals surface area (Å²) < 4.78 is 0. The number of nitro groups is 1. The van der Waals surface area contributed by atoms with Gasteiger partial charge in [0.25, 0.3) is 5.69 Å². The summed E-state index contributed by atoms with van der Waals surface area (Å²) >= 11 is 0. The van der Waals surface area contributed by atoms with Gasteiger partial charge in [0.2, 0.25) is 0 Å². The van der Waals surface area contributed by atoms with Crippen molar-refractivity contribution in [1.82, 2.24) is 10.2 Å². The molecule has 0 bridgehead atoms. The molecule has 2 aromatic carbocycles. The molecule has 0 fully saturated rings. The summed E-state index contributed by atoms with van der Waals surface area (Å²) in [6.07, 6.45) is 1.56. The van der Waals surface area contributed by atoms with Gasteiger partial charge in [0.1, 0.15) is 0 Å². The first kappa shape index (κ1) is 11.2. The Morgan fingerprint density at radius 3 is 2.84 bits per heavy atom. The number of nitrogen functional groups attached to an aromatic ring is 1. The third kappa shape index (κ3) is 1.89. The summed E-state index contributed by atoms with van der Waals surface area (Å²) in [5.41, 5.74) is 8.32. The summed E-state index contributed by atoms with van der Waals surface area (Å²) in [4.78, 5) is 10.8. The van der Waals surface area contributed by atoms with Crippen molar-refractivity contribution in [3.8, 4) is 11.1 Å². The normalized spacial score (nSPS) is 10.7. The third-order valence-electron chi connectivity index (χ3n) is 2.95. The van der Waals surface area contributed by atoms with E-state index in [0.717, 1.165) is 5.52 Å². The lowest BCUT2D eigenvalue weighted by atomic mass is 10.0. The number of fused-ring (bicyclic) bond motifs is 1. The Labute approximate surface area is 108 Å². The molecular weight excluding hydrogens is 244 g/mol. The molecule has 0 spiro atoms. The van der Waals surface area contributed by atoms with E-state index in [1.807, 2.05) is 0 Å². The van der Waals surface area contributed by atoms with Crippen molar-refractivity contribution in [2.45, 2.75) is 0 Å². The molecule has 3 aromatic rings. The van der Waals surface area contributed by atoms with Crippen LogP contribution >= 0.6 is 0 Å². The van der Waals surface area contributed by atoms with E-state index in [1.54, 1.807) is 36.5 Å². The molecule has 3 rings (SSSR count).